The Labute approximate surface area is 164 Å². The van der Waals surface area contributed by atoms with Gasteiger partial charge in [0.1, 0.15) is 11.4 Å². The molecule has 1 aromatic heterocycles. The van der Waals surface area contributed by atoms with Gasteiger partial charge < -0.3 is 10.1 Å². The molecule has 0 saturated carbocycles. The van der Waals surface area contributed by atoms with Gasteiger partial charge >= 0.3 is 0 Å². The van der Waals surface area contributed by atoms with Crippen molar-refractivity contribution in [2.75, 3.05) is 11.9 Å². The Hall–Kier alpha value is -3.28. The predicted octanol–water partition coefficient (Wildman–Crippen LogP) is 3.51. The highest BCUT2D eigenvalue weighted by Crippen LogP contribution is 2.19. The molecule has 0 aliphatic carbocycles. The number of hydrogen-bond donors (Lipinski definition) is 1. The lowest BCUT2D eigenvalue weighted by Crippen LogP contribution is -2.23. The van der Waals surface area contributed by atoms with Crippen LogP contribution in [-0.4, -0.2) is 21.9 Å². The van der Waals surface area contributed by atoms with Crippen molar-refractivity contribution in [2.24, 2.45) is 7.05 Å². The summed E-state index contributed by atoms with van der Waals surface area (Å²) < 4.78 is 9.01. The number of amides is 1. The van der Waals surface area contributed by atoms with Crippen LogP contribution in [0.15, 0.2) is 53.3 Å². The standard InChI is InChI=1S/C22H25N3O3/c1-15-10-11-16(2)19(14-15)28-13-12-20(26)23-21-17(3)24(4)25(22(21)27)18-8-6-5-7-9-18/h5-11,14H,12-13H2,1-4H3,(H,23,26). The largest absolute Gasteiger partial charge is 0.493 e. The molecule has 0 aliphatic heterocycles. The molecule has 0 aliphatic rings. The number of anilines is 1. The Morgan fingerprint density at radius 3 is 2.50 bits per heavy atom. The molecule has 1 heterocycles. The number of ether oxygens (including phenoxy) is 1. The summed E-state index contributed by atoms with van der Waals surface area (Å²) in [6.07, 6.45) is 0.159. The zero-order valence-electron chi connectivity index (χ0n) is 16.7. The molecule has 6 heteroatoms. The second kappa shape index (κ2) is 8.17. The van der Waals surface area contributed by atoms with Gasteiger partial charge in [-0.1, -0.05) is 30.3 Å². The Bertz CT molecular complexity index is 1050. The van der Waals surface area contributed by atoms with Crippen LogP contribution in [0, 0.1) is 20.8 Å². The zero-order valence-corrected chi connectivity index (χ0v) is 16.7. The van der Waals surface area contributed by atoms with Crippen LogP contribution < -0.4 is 15.6 Å². The topological polar surface area (TPSA) is 65.3 Å². The van der Waals surface area contributed by atoms with Crippen LogP contribution >= 0.6 is 0 Å². The minimum absolute atomic E-state index is 0.159. The van der Waals surface area contributed by atoms with Gasteiger partial charge in [0, 0.05) is 7.05 Å². The van der Waals surface area contributed by atoms with E-state index in [9.17, 15) is 9.59 Å². The molecular formula is C22H25N3O3. The Morgan fingerprint density at radius 2 is 1.79 bits per heavy atom. The van der Waals surface area contributed by atoms with Gasteiger partial charge in [-0.15, -0.1) is 0 Å². The van der Waals surface area contributed by atoms with Gasteiger partial charge in [0.25, 0.3) is 5.56 Å². The maximum absolute atomic E-state index is 12.8. The van der Waals surface area contributed by atoms with Gasteiger partial charge in [-0.05, 0) is 50.1 Å². The number of aromatic nitrogens is 2. The highest BCUT2D eigenvalue weighted by molar-refractivity contribution is 5.91. The first-order valence-corrected chi connectivity index (χ1v) is 9.22. The van der Waals surface area contributed by atoms with Crippen molar-refractivity contribution in [3.8, 4) is 11.4 Å². The van der Waals surface area contributed by atoms with Crippen molar-refractivity contribution < 1.29 is 9.53 Å². The second-order valence-corrected chi connectivity index (χ2v) is 6.85. The summed E-state index contributed by atoms with van der Waals surface area (Å²) >= 11 is 0. The van der Waals surface area contributed by atoms with Crippen LogP contribution in [0.2, 0.25) is 0 Å². The van der Waals surface area contributed by atoms with Crippen molar-refractivity contribution in [1.29, 1.82) is 0 Å². The summed E-state index contributed by atoms with van der Waals surface area (Å²) in [6.45, 7) is 6.01. The fourth-order valence-electron chi connectivity index (χ4n) is 3.03. The Morgan fingerprint density at radius 1 is 1.07 bits per heavy atom. The van der Waals surface area contributed by atoms with Gasteiger partial charge in [-0.3, -0.25) is 14.3 Å². The van der Waals surface area contributed by atoms with Crippen LogP contribution in [0.3, 0.4) is 0 Å². The van der Waals surface area contributed by atoms with Crippen LogP contribution in [0.1, 0.15) is 23.2 Å². The van der Waals surface area contributed by atoms with Crippen molar-refractivity contribution >= 4 is 11.6 Å². The van der Waals surface area contributed by atoms with E-state index < -0.39 is 0 Å². The molecule has 0 spiro atoms. The monoisotopic (exact) mass is 379 g/mol. The molecule has 0 bridgehead atoms. The van der Waals surface area contributed by atoms with Gasteiger partial charge in [-0.25, -0.2) is 4.68 Å². The second-order valence-electron chi connectivity index (χ2n) is 6.85. The molecule has 28 heavy (non-hydrogen) atoms. The van der Waals surface area contributed by atoms with Crippen LogP contribution in [-0.2, 0) is 11.8 Å². The van der Waals surface area contributed by atoms with Gasteiger partial charge in [0.05, 0.1) is 24.4 Å². The smallest absolute Gasteiger partial charge is 0.295 e. The normalized spacial score (nSPS) is 10.7. The number of nitrogens with zero attached hydrogens (tertiary/aromatic N) is 2. The highest BCUT2D eigenvalue weighted by atomic mass is 16.5. The van der Waals surface area contributed by atoms with Gasteiger partial charge in [-0.2, -0.15) is 0 Å². The van der Waals surface area contributed by atoms with Crippen molar-refractivity contribution in [3.63, 3.8) is 0 Å². The lowest BCUT2D eigenvalue weighted by atomic mass is 10.1. The van der Waals surface area contributed by atoms with E-state index in [1.54, 1.807) is 11.7 Å². The molecule has 146 valence electrons. The molecule has 0 saturated heterocycles. The van der Waals surface area contributed by atoms with E-state index in [4.69, 9.17) is 4.74 Å². The molecule has 1 N–H and O–H groups in total. The average Bonchev–Trinajstić information content (AvgIpc) is 2.88. The fraction of sp³-hybridized carbons (Fsp3) is 0.273. The third kappa shape index (κ3) is 4.01. The molecule has 0 radical (unpaired) electrons. The molecular weight excluding hydrogens is 354 g/mol. The number of rotatable bonds is 6. The lowest BCUT2D eigenvalue weighted by Gasteiger charge is -2.10. The van der Waals surface area contributed by atoms with E-state index in [0.29, 0.717) is 11.4 Å². The number of nitrogens with one attached hydrogen (secondary N) is 1. The molecule has 0 fully saturated rings. The average molecular weight is 379 g/mol. The number of benzene rings is 2. The third-order valence-corrected chi connectivity index (χ3v) is 4.75. The van der Waals surface area contributed by atoms with E-state index in [2.05, 4.69) is 5.32 Å². The van der Waals surface area contributed by atoms with E-state index in [0.717, 1.165) is 22.6 Å². The fourth-order valence-corrected chi connectivity index (χ4v) is 3.03. The molecule has 6 nitrogen and oxygen atoms in total. The van der Waals surface area contributed by atoms with E-state index in [1.807, 2.05) is 69.3 Å². The summed E-state index contributed by atoms with van der Waals surface area (Å²) in [6, 6.07) is 15.3. The Balaban J connectivity index is 1.69. The third-order valence-electron chi connectivity index (χ3n) is 4.75. The predicted molar refractivity (Wildman–Crippen MR) is 110 cm³/mol. The molecule has 2 aromatic carbocycles. The number of carbonyl (C=O) groups is 1. The summed E-state index contributed by atoms with van der Waals surface area (Å²) in [5.74, 6) is 0.520. The Kier molecular flexibility index (Phi) is 5.68. The van der Waals surface area contributed by atoms with Crippen LogP contribution in [0.5, 0.6) is 5.75 Å². The minimum Gasteiger partial charge on any atom is -0.493 e. The zero-order chi connectivity index (χ0) is 20.3. The van der Waals surface area contributed by atoms with Crippen molar-refractivity contribution in [1.82, 2.24) is 9.36 Å². The van der Waals surface area contributed by atoms with Crippen LogP contribution in [0.25, 0.3) is 5.69 Å². The first kappa shape index (κ1) is 19.5. The van der Waals surface area contributed by atoms with Crippen molar-refractivity contribution in [2.45, 2.75) is 27.2 Å². The minimum atomic E-state index is -0.255. The summed E-state index contributed by atoms with van der Waals surface area (Å²) in [5.41, 5.74) is 3.61. The first-order chi connectivity index (χ1) is 13.4. The quantitative estimate of drug-likeness (QED) is 0.713. The molecule has 0 atom stereocenters. The van der Waals surface area contributed by atoms with Crippen molar-refractivity contribution in [3.05, 3.63) is 75.7 Å². The van der Waals surface area contributed by atoms with E-state index in [-0.39, 0.29) is 24.5 Å². The first-order valence-electron chi connectivity index (χ1n) is 9.22. The highest BCUT2D eigenvalue weighted by Gasteiger charge is 2.18. The molecule has 1 amide bonds. The van der Waals surface area contributed by atoms with Gasteiger partial charge in [0.15, 0.2) is 0 Å². The SMILES string of the molecule is Cc1ccc(C)c(OCCC(=O)Nc2c(C)n(C)n(-c3ccccc3)c2=O)c1. The van der Waals surface area contributed by atoms with E-state index >= 15 is 0 Å². The lowest BCUT2D eigenvalue weighted by molar-refractivity contribution is -0.116. The maximum Gasteiger partial charge on any atom is 0.295 e. The molecule has 3 rings (SSSR count). The summed E-state index contributed by atoms with van der Waals surface area (Å²) in [5, 5.41) is 2.75. The summed E-state index contributed by atoms with van der Waals surface area (Å²) in [7, 11) is 1.79. The number of para-hydroxylation sites is 1. The van der Waals surface area contributed by atoms with Crippen LogP contribution in [0.4, 0.5) is 5.69 Å². The molecule has 0 unspecified atom stereocenters. The van der Waals surface area contributed by atoms with Gasteiger partial charge in [0.2, 0.25) is 5.91 Å². The summed E-state index contributed by atoms with van der Waals surface area (Å²) in [4.78, 5) is 25.2. The number of hydrogen-bond acceptors (Lipinski definition) is 3. The number of carbonyl (C=O) groups excluding carboxylic acids is 1. The molecule has 3 aromatic rings. The maximum atomic E-state index is 12.8. The van der Waals surface area contributed by atoms with E-state index in [1.165, 1.54) is 4.68 Å². The number of aryl methyl sites for hydroxylation is 2.